The van der Waals surface area contributed by atoms with Crippen LogP contribution in [0.4, 0.5) is 0 Å². The number of rotatable bonds is 3. The Bertz CT molecular complexity index is 120. The number of aliphatic hydroxyl groups is 2. The minimum atomic E-state index is -0.686. The fourth-order valence-electron chi connectivity index (χ4n) is 1.05. The fraction of sp³-hybridized carbons (Fsp3) is 1.00. The Balaban J connectivity index is 2.24. The van der Waals surface area contributed by atoms with E-state index < -0.39 is 12.2 Å². The summed E-state index contributed by atoms with van der Waals surface area (Å²) in [6.45, 7) is 2.33. The fourth-order valence-corrected chi connectivity index (χ4v) is 1.81. The molecular weight excluding hydrogens is 164 g/mol. The van der Waals surface area contributed by atoms with Gasteiger partial charge in [0, 0.05) is 5.75 Å². The summed E-state index contributed by atoms with van der Waals surface area (Å²) in [5.74, 6) is 1.79. The molecule has 0 spiro atoms. The van der Waals surface area contributed by atoms with Gasteiger partial charge in [0.05, 0.1) is 12.7 Å². The summed E-state index contributed by atoms with van der Waals surface area (Å²) < 4.78 is 5.16. The molecule has 1 aliphatic rings. The summed E-state index contributed by atoms with van der Waals surface area (Å²) in [6.07, 6.45) is -1.54. The first-order valence-corrected chi connectivity index (χ1v) is 4.96. The minimum Gasteiger partial charge on any atom is -0.388 e. The molecule has 3 unspecified atom stereocenters. The molecule has 66 valence electrons. The molecule has 4 heteroatoms. The van der Waals surface area contributed by atoms with E-state index in [-0.39, 0.29) is 12.7 Å². The molecule has 3 atom stereocenters. The van der Waals surface area contributed by atoms with Gasteiger partial charge >= 0.3 is 0 Å². The van der Waals surface area contributed by atoms with Crippen molar-refractivity contribution in [2.45, 2.75) is 25.2 Å². The predicted molar refractivity (Wildman–Crippen MR) is 44.8 cm³/mol. The smallest absolute Gasteiger partial charge is 0.109 e. The van der Waals surface area contributed by atoms with Crippen LogP contribution in [0.5, 0.6) is 0 Å². The quantitative estimate of drug-likeness (QED) is 0.631. The van der Waals surface area contributed by atoms with Gasteiger partial charge in [-0.1, -0.05) is 6.92 Å². The maximum atomic E-state index is 9.30. The maximum Gasteiger partial charge on any atom is 0.109 e. The molecule has 2 N–H and O–H groups in total. The van der Waals surface area contributed by atoms with Gasteiger partial charge in [0.25, 0.3) is 0 Å². The first-order chi connectivity index (χ1) is 5.25. The second-order valence-corrected chi connectivity index (χ2v) is 3.91. The minimum absolute atomic E-state index is 0.171. The Morgan fingerprint density at radius 2 is 2.27 bits per heavy atom. The van der Waals surface area contributed by atoms with E-state index in [1.165, 1.54) is 0 Å². The molecule has 0 aromatic heterocycles. The van der Waals surface area contributed by atoms with Gasteiger partial charge < -0.3 is 14.9 Å². The topological polar surface area (TPSA) is 49.7 Å². The van der Waals surface area contributed by atoms with Crippen molar-refractivity contribution in [3.63, 3.8) is 0 Å². The zero-order valence-electron chi connectivity index (χ0n) is 6.56. The van der Waals surface area contributed by atoms with Crippen LogP contribution in [-0.4, -0.2) is 46.6 Å². The Hall–Kier alpha value is 0.230. The highest BCUT2D eigenvalue weighted by Gasteiger charge is 2.33. The van der Waals surface area contributed by atoms with Gasteiger partial charge in [-0.15, -0.1) is 0 Å². The molecule has 1 fully saturated rings. The molecule has 0 aliphatic carbocycles. The molecule has 1 rings (SSSR count). The largest absolute Gasteiger partial charge is 0.388 e. The van der Waals surface area contributed by atoms with E-state index in [0.29, 0.717) is 0 Å². The molecule has 0 radical (unpaired) electrons. The molecule has 0 aromatic carbocycles. The monoisotopic (exact) mass is 178 g/mol. The number of ether oxygens (including phenoxy) is 1. The van der Waals surface area contributed by atoms with Crippen molar-refractivity contribution in [3.8, 4) is 0 Å². The molecule has 1 heterocycles. The zero-order chi connectivity index (χ0) is 8.27. The van der Waals surface area contributed by atoms with Gasteiger partial charge in [-0.2, -0.15) is 11.8 Å². The van der Waals surface area contributed by atoms with E-state index in [4.69, 9.17) is 9.84 Å². The van der Waals surface area contributed by atoms with Crippen molar-refractivity contribution in [3.05, 3.63) is 0 Å². The SMILES string of the molecule is CCSCC1OCC(O)C1O. The highest BCUT2D eigenvalue weighted by molar-refractivity contribution is 7.99. The highest BCUT2D eigenvalue weighted by Crippen LogP contribution is 2.18. The third-order valence-corrected chi connectivity index (χ3v) is 2.71. The molecule has 3 nitrogen and oxygen atoms in total. The van der Waals surface area contributed by atoms with Crippen molar-refractivity contribution in [1.29, 1.82) is 0 Å². The van der Waals surface area contributed by atoms with Crippen LogP contribution in [0.2, 0.25) is 0 Å². The Kier molecular flexibility index (Phi) is 3.65. The number of aliphatic hydroxyl groups excluding tert-OH is 2. The summed E-state index contributed by atoms with van der Waals surface area (Å²) in [4.78, 5) is 0. The van der Waals surface area contributed by atoms with E-state index in [0.717, 1.165) is 11.5 Å². The van der Waals surface area contributed by atoms with Crippen LogP contribution in [0, 0.1) is 0 Å². The van der Waals surface area contributed by atoms with Crippen LogP contribution in [0.3, 0.4) is 0 Å². The molecular formula is C7H14O3S. The standard InChI is InChI=1S/C7H14O3S/c1-2-11-4-6-7(9)5(8)3-10-6/h5-9H,2-4H2,1H3. The van der Waals surface area contributed by atoms with E-state index in [9.17, 15) is 5.11 Å². The van der Waals surface area contributed by atoms with Crippen molar-refractivity contribution in [2.75, 3.05) is 18.1 Å². The molecule has 11 heavy (non-hydrogen) atoms. The Morgan fingerprint density at radius 1 is 1.55 bits per heavy atom. The first kappa shape index (κ1) is 9.32. The van der Waals surface area contributed by atoms with Crippen LogP contribution in [0.15, 0.2) is 0 Å². The average molecular weight is 178 g/mol. The van der Waals surface area contributed by atoms with Gasteiger partial charge in [0.2, 0.25) is 0 Å². The summed E-state index contributed by atoms with van der Waals surface area (Å²) in [7, 11) is 0. The van der Waals surface area contributed by atoms with Crippen molar-refractivity contribution in [1.82, 2.24) is 0 Å². The van der Waals surface area contributed by atoms with E-state index in [2.05, 4.69) is 6.92 Å². The number of hydrogen-bond donors (Lipinski definition) is 2. The highest BCUT2D eigenvalue weighted by atomic mass is 32.2. The maximum absolute atomic E-state index is 9.30. The second kappa shape index (κ2) is 4.30. The van der Waals surface area contributed by atoms with E-state index in [1.54, 1.807) is 11.8 Å². The van der Waals surface area contributed by atoms with Crippen LogP contribution in [0.1, 0.15) is 6.92 Å². The van der Waals surface area contributed by atoms with Crippen molar-refractivity contribution in [2.24, 2.45) is 0 Å². The Morgan fingerprint density at radius 3 is 2.73 bits per heavy atom. The molecule has 1 saturated heterocycles. The van der Waals surface area contributed by atoms with Gasteiger partial charge in [0.1, 0.15) is 12.2 Å². The third-order valence-electron chi connectivity index (χ3n) is 1.74. The summed E-state index contributed by atoms with van der Waals surface area (Å²) in [5, 5.41) is 18.4. The second-order valence-electron chi connectivity index (χ2n) is 2.59. The van der Waals surface area contributed by atoms with Crippen LogP contribution >= 0.6 is 11.8 Å². The third kappa shape index (κ3) is 2.33. The van der Waals surface area contributed by atoms with E-state index >= 15 is 0 Å². The van der Waals surface area contributed by atoms with Crippen molar-refractivity contribution < 1.29 is 14.9 Å². The summed E-state index contributed by atoms with van der Waals surface area (Å²) in [6, 6.07) is 0. The lowest BCUT2D eigenvalue weighted by Crippen LogP contribution is -2.31. The molecule has 0 amide bonds. The van der Waals surface area contributed by atoms with Crippen LogP contribution in [0.25, 0.3) is 0 Å². The van der Waals surface area contributed by atoms with Crippen molar-refractivity contribution >= 4 is 11.8 Å². The van der Waals surface area contributed by atoms with Gasteiger partial charge in [-0.05, 0) is 5.75 Å². The lowest BCUT2D eigenvalue weighted by Gasteiger charge is -2.13. The summed E-state index contributed by atoms with van der Waals surface area (Å²) in [5.41, 5.74) is 0. The molecule has 0 saturated carbocycles. The van der Waals surface area contributed by atoms with Gasteiger partial charge in [-0.25, -0.2) is 0 Å². The van der Waals surface area contributed by atoms with E-state index in [1.807, 2.05) is 0 Å². The first-order valence-electron chi connectivity index (χ1n) is 3.81. The molecule has 0 aromatic rings. The van der Waals surface area contributed by atoms with Gasteiger partial charge in [-0.3, -0.25) is 0 Å². The predicted octanol–water partition coefficient (Wildman–Crippen LogP) is -0.140. The van der Waals surface area contributed by atoms with Crippen LogP contribution < -0.4 is 0 Å². The lowest BCUT2D eigenvalue weighted by molar-refractivity contribution is 0.0337. The van der Waals surface area contributed by atoms with Gasteiger partial charge in [0.15, 0.2) is 0 Å². The molecule has 0 bridgehead atoms. The average Bonchev–Trinajstić information content (AvgIpc) is 2.31. The normalized spacial score (nSPS) is 37.9. The van der Waals surface area contributed by atoms with Crippen LogP contribution in [-0.2, 0) is 4.74 Å². The number of thioether (sulfide) groups is 1. The Labute approximate surface area is 70.7 Å². The summed E-state index contributed by atoms with van der Waals surface area (Å²) >= 11 is 1.72. The molecule has 1 aliphatic heterocycles. The number of hydrogen-bond acceptors (Lipinski definition) is 4. The zero-order valence-corrected chi connectivity index (χ0v) is 7.38. The lowest BCUT2D eigenvalue weighted by atomic mass is 10.2.